The molecule has 1 fully saturated rings. The van der Waals surface area contributed by atoms with Crippen molar-refractivity contribution in [1.29, 1.82) is 0 Å². The molecule has 0 aliphatic carbocycles. The SMILES string of the molecule is CN=C/C=C(\N)c1cccc(-c2nc(N3CCOCC3)c3ncn(CCO)c3n2)c1. The number of rotatable bonds is 6. The molecule has 0 bridgehead atoms. The fraction of sp³-hybridized carbons (Fsp3) is 0.333. The molecule has 0 spiro atoms. The zero-order valence-electron chi connectivity index (χ0n) is 16.9. The maximum atomic E-state index is 9.42. The number of anilines is 1. The third-order valence-electron chi connectivity index (χ3n) is 4.95. The molecule has 1 aliphatic rings. The topological polar surface area (TPSA) is 115 Å². The summed E-state index contributed by atoms with van der Waals surface area (Å²) < 4.78 is 7.34. The standard InChI is InChI=1S/C21H25N7O2/c1-23-6-5-17(22)15-3-2-4-16(13-15)19-25-20(27-8-11-30-12-9-27)18-21(26-19)28(7-10-29)14-24-18/h2-6,13-14,29H,7-12,22H2,1H3/b17-5-,23-6?. The molecule has 2 aromatic heterocycles. The van der Waals surface area contributed by atoms with Gasteiger partial charge in [0.2, 0.25) is 0 Å². The highest BCUT2D eigenvalue weighted by Crippen LogP contribution is 2.28. The van der Waals surface area contributed by atoms with Crippen LogP contribution in [0.2, 0.25) is 0 Å². The molecule has 0 radical (unpaired) electrons. The summed E-state index contributed by atoms with van der Waals surface area (Å²) in [5.41, 5.74) is 9.93. The van der Waals surface area contributed by atoms with Gasteiger partial charge in [0.25, 0.3) is 0 Å². The van der Waals surface area contributed by atoms with E-state index >= 15 is 0 Å². The van der Waals surface area contributed by atoms with Gasteiger partial charge in [-0.2, -0.15) is 0 Å². The predicted molar refractivity (Wildman–Crippen MR) is 117 cm³/mol. The van der Waals surface area contributed by atoms with Gasteiger partial charge in [-0.25, -0.2) is 15.0 Å². The first-order valence-corrected chi connectivity index (χ1v) is 9.86. The van der Waals surface area contributed by atoms with Crippen LogP contribution >= 0.6 is 0 Å². The maximum Gasteiger partial charge on any atom is 0.166 e. The van der Waals surface area contributed by atoms with Crippen molar-refractivity contribution >= 4 is 28.9 Å². The van der Waals surface area contributed by atoms with E-state index in [0.29, 0.717) is 36.9 Å². The van der Waals surface area contributed by atoms with Crippen LogP contribution in [-0.2, 0) is 11.3 Å². The normalized spacial score (nSPS) is 15.4. The Bertz CT molecular complexity index is 1080. The Kier molecular flexibility index (Phi) is 6.01. The summed E-state index contributed by atoms with van der Waals surface area (Å²) in [6, 6.07) is 7.80. The van der Waals surface area contributed by atoms with Gasteiger partial charge in [0.1, 0.15) is 0 Å². The molecule has 156 valence electrons. The monoisotopic (exact) mass is 407 g/mol. The number of aliphatic hydroxyl groups is 1. The van der Waals surface area contributed by atoms with Crippen LogP contribution in [0.25, 0.3) is 28.2 Å². The number of aliphatic imine (C=N–C) groups is 1. The number of ether oxygens (including phenoxy) is 1. The molecule has 1 aliphatic heterocycles. The molecule has 9 heteroatoms. The fourth-order valence-electron chi connectivity index (χ4n) is 3.41. The Balaban J connectivity index is 1.83. The minimum Gasteiger partial charge on any atom is -0.398 e. The number of aromatic nitrogens is 4. The van der Waals surface area contributed by atoms with Gasteiger partial charge < -0.3 is 25.0 Å². The lowest BCUT2D eigenvalue weighted by molar-refractivity contribution is 0.122. The smallest absolute Gasteiger partial charge is 0.166 e. The summed E-state index contributed by atoms with van der Waals surface area (Å²) in [5.74, 6) is 1.37. The highest BCUT2D eigenvalue weighted by molar-refractivity contribution is 5.87. The van der Waals surface area contributed by atoms with E-state index in [4.69, 9.17) is 20.4 Å². The van der Waals surface area contributed by atoms with E-state index < -0.39 is 0 Å². The molecule has 30 heavy (non-hydrogen) atoms. The van der Waals surface area contributed by atoms with Gasteiger partial charge in [-0.05, 0) is 17.7 Å². The van der Waals surface area contributed by atoms with Gasteiger partial charge in [-0.1, -0.05) is 18.2 Å². The number of morpholine rings is 1. The average molecular weight is 407 g/mol. The molecule has 0 atom stereocenters. The average Bonchev–Trinajstić information content (AvgIpc) is 3.20. The second-order valence-electron chi connectivity index (χ2n) is 6.91. The highest BCUT2D eigenvalue weighted by atomic mass is 16.5. The Morgan fingerprint density at radius 2 is 2.13 bits per heavy atom. The van der Waals surface area contributed by atoms with Gasteiger partial charge in [-0.15, -0.1) is 0 Å². The summed E-state index contributed by atoms with van der Waals surface area (Å²) >= 11 is 0. The van der Waals surface area contributed by atoms with Crippen LogP contribution < -0.4 is 10.6 Å². The number of aliphatic hydroxyl groups excluding tert-OH is 1. The van der Waals surface area contributed by atoms with Crippen LogP contribution in [0.3, 0.4) is 0 Å². The van der Waals surface area contributed by atoms with Crippen LogP contribution in [-0.4, -0.2) is 70.8 Å². The Morgan fingerprint density at radius 1 is 1.30 bits per heavy atom. The van der Waals surface area contributed by atoms with Crippen LogP contribution in [0.1, 0.15) is 5.56 Å². The van der Waals surface area contributed by atoms with Gasteiger partial charge in [-0.3, -0.25) is 4.99 Å². The van der Waals surface area contributed by atoms with E-state index in [1.165, 1.54) is 0 Å². The van der Waals surface area contributed by atoms with E-state index in [1.807, 2.05) is 28.8 Å². The van der Waals surface area contributed by atoms with Gasteiger partial charge in [0.15, 0.2) is 22.8 Å². The summed E-state index contributed by atoms with van der Waals surface area (Å²) in [7, 11) is 1.70. The van der Waals surface area contributed by atoms with Crippen molar-refractivity contribution in [2.24, 2.45) is 10.7 Å². The van der Waals surface area contributed by atoms with Crippen molar-refractivity contribution in [1.82, 2.24) is 19.5 Å². The van der Waals surface area contributed by atoms with Crippen molar-refractivity contribution in [3.63, 3.8) is 0 Å². The van der Waals surface area contributed by atoms with Crippen molar-refractivity contribution < 1.29 is 9.84 Å². The van der Waals surface area contributed by atoms with E-state index in [0.717, 1.165) is 35.6 Å². The van der Waals surface area contributed by atoms with E-state index in [9.17, 15) is 5.11 Å². The molecular weight excluding hydrogens is 382 g/mol. The first-order valence-electron chi connectivity index (χ1n) is 9.86. The quantitative estimate of drug-likeness (QED) is 0.592. The number of nitrogens with zero attached hydrogens (tertiary/aromatic N) is 6. The molecule has 0 saturated carbocycles. The first-order chi connectivity index (χ1) is 14.7. The number of benzene rings is 1. The Labute approximate surface area is 174 Å². The summed E-state index contributed by atoms with van der Waals surface area (Å²) in [4.78, 5) is 20.3. The lowest BCUT2D eigenvalue weighted by Crippen LogP contribution is -2.37. The third kappa shape index (κ3) is 4.03. The van der Waals surface area contributed by atoms with Crippen molar-refractivity contribution in [3.05, 3.63) is 42.2 Å². The summed E-state index contributed by atoms with van der Waals surface area (Å²) in [6.07, 6.45) is 5.12. The number of imidazole rings is 1. The zero-order chi connectivity index (χ0) is 20.9. The molecule has 3 heterocycles. The molecule has 0 amide bonds. The molecule has 9 nitrogen and oxygen atoms in total. The molecule has 1 saturated heterocycles. The van der Waals surface area contributed by atoms with E-state index in [2.05, 4.69) is 14.9 Å². The first kappa shape index (κ1) is 20.0. The van der Waals surface area contributed by atoms with Gasteiger partial charge in [0, 0.05) is 44.2 Å². The summed E-state index contributed by atoms with van der Waals surface area (Å²) in [6.45, 7) is 3.20. The van der Waals surface area contributed by atoms with Crippen molar-refractivity contribution in [2.45, 2.75) is 6.54 Å². The Hall–Kier alpha value is -3.30. The molecule has 0 unspecified atom stereocenters. The maximum absolute atomic E-state index is 9.42. The molecule has 3 N–H and O–H groups in total. The Morgan fingerprint density at radius 3 is 2.90 bits per heavy atom. The van der Waals surface area contributed by atoms with Crippen LogP contribution in [0, 0.1) is 0 Å². The van der Waals surface area contributed by atoms with Crippen LogP contribution in [0.15, 0.2) is 41.7 Å². The van der Waals surface area contributed by atoms with Crippen LogP contribution in [0.5, 0.6) is 0 Å². The summed E-state index contributed by atoms with van der Waals surface area (Å²) in [5, 5.41) is 9.42. The largest absolute Gasteiger partial charge is 0.398 e. The fourth-order valence-corrected chi connectivity index (χ4v) is 3.41. The number of hydrogen-bond acceptors (Lipinski definition) is 8. The molecule has 3 aromatic rings. The van der Waals surface area contributed by atoms with Gasteiger partial charge in [0.05, 0.1) is 26.1 Å². The van der Waals surface area contributed by atoms with E-state index in [1.54, 1.807) is 25.7 Å². The minimum atomic E-state index is 0.00742. The second kappa shape index (κ2) is 9.02. The second-order valence-corrected chi connectivity index (χ2v) is 6.91. The van der Waals surface area contributed by atoms with E-state index in [-0.39, 0.29) is 6.61 Å². The number of nitrogens with two attached hydrogens (primary N) is 1. The lowest BCUT2D eigenvalue weighted by Gasteiger charge is -2.28. The number of fused-ring (bicyclic) bond motifs is 1. The van der Waals surface area contributed by atoms with Gasteiger partial charge >= 0.3 is 0 Å². The van der Waals surface area contributed by atoms with Crippen LogP contribution in [0.4, 0.5) is 5.82 Å². The predicted octanol–water partition coefficient (Wildman–Crippen LogP) is 1.32. The lowest BCUT2D eigenvalue weighted by atomic mass is 10.1. The third-order valence-corrected chi connectivity index (χ3v) is 4.95. The number of allylic oxidation sites excluding steroid dienone is 1. The molecule has 1 aromatic carbocycles. The zero-order valence-corrected chi connectivity index (χ0v) is 16.9. The minimum absolute atomic E-state index is 0.00742. The molecule has 4 rings (SSSR count). The molecular formula is C21H25N7O2. The highest BCUT2D eigenvalue weighted by Gasteiger charge is 2.21. The van der Waals surface area contributed by atoms with Crippen molar-refractivity contribution in [2.75, 3.05) is 44.9 Å². The number of hydrogen-bond donors (Lipinski definition) is 2. The van der Waals surface area contributed by atoms with Crippen molar-refractivity contribution in [3.8, 4) is 11.4 Å².